The minimum Gasteiger partial charge on any atom is -0.489 e. The van der Waals surface area contributed by atoms with Crippen molar-refractivity contribution in [2.24, 2.45) is 5.10 Å². The first-order chi connectivity index (χ1) is 20.4. The van der Waals surface area contributed by atoms with E-state index < -0.39 is 0 Å². The molecule has 1 saturated carbocycles. The number of rotatable bonds is 7. The summed E-state index contributed by atoms with van der Waals surface area (Å²) >= 11 is 3.51. The molecule has 0 N–H and O–H groups in total. The molecule has 6 rings (SSSR count). The Morgan fingerprint density at radius 3 is 2.52 bits per heavy atom. The minimum absolute atomic E-state index is 0.131. The molecule has 0 unspecified atom stereocenters. The fourth-order valence-corrected chi connectivity index (χ4v) is 6.36. The molecule has 2 aromatic heterocycles. The van der Waals surface area contributed by atoms with Crippen LogP contribution < -0.4 is 10.3 Å². The van der Waals surface area contributed by atoms with Crippen molar-refractivity contribution < 1.29 is 4.74 Å². The van der Waals surface area contributed by atoms with E-state index in [1.54, 1.807) is 6.21 Å². The van der Waals surface area contributed by atoms with Crippen molar-refractivity contribution in [3.05, 3.63) is 122 Å². The first-order valence-electron chi connectivity index (χ1n) is 14.6. The van der Waals surface area contributed by atoms with Crippen molar-refractivity contribution in [2.75, 3.05) is 0 Å². The highest BCUT2D eigenvalue weighted by Gasteiger charge is 2.22. The van der Waals surface area contributed by atoms with Gasteiger partial charge in [-0.25, -0.2) is 4.98 Å². The molecule has 2 heterocycles. The zero-order valence-electron chi connectivity index (χ0n) is 24.3. The monoisotopic (exact) mass is 622 g/mol. The Balaban J connectivity index is 1.29. The molecule has 1 aliphatic carbocycles. The second-order valence-corrected chi connectivity index (χ2v) is 12.2. The van der Waals surface area contributed by atoms with Crippen molar-refractivity contribution in [2.45, 2.75) is 65.4 Å². The average molecular weight is 624 g/mol. The maximum Gasteiger partial charge on any atom is 0.282 e. The predicted octanol–water partition coefficient (Wildman–Crippen LogP) is 8.38. The van der Waals surface area contributed by atoms with Gasteiger partial charge in [-0.2, -0.15) is 9.78 Å². The van der Waals surface area contributed by atoms with Gasteiger partial charge in [0.25, 0.3) is 5.56 Å². The Labute approximate surface area is 254 Å². The number of hydrogen-bond donors (Lipinski definition) is 0. The number of hydrogen-bond acceptors (Lipinski definition) is 4. The molecule has 1 aliphatic rings. The van der Waals surface area contributed by atoms with E-state index in [1.807, 2.05) is 30.3 Å². The number of ether oxygens (including phenoxy) is 1. The quantitative estimate of drug-likeness (QED) is 0.171. The summed E-state index contributed by atoms with van der Waals surface area (Å²) in [7, 11) is 0. The highest BCUT2D eigenvalue weighted by molar-refractivity contribution is 9.10. The first-order valence-corrected chi connectivity index (χ1v) is 15.4. The van der Waals surface area contributed by atoms with Crippen LogP contribution in [0.2, 0.25) is 0 Å². The third-order valence-corrected chi connectivity index (χ3v) is 8.66. The maximum atomic E-state index is 13.7. The number of fused-ring (bicyclic) bond motifs is 1. The van der Waals surface area contributed by atoms with E-state index in [0.717, 1.165) is 75.4 Å². The van der Waals surface area contributed by atoms with Gasteiger partial charge in [0, 0.05) is 33.0 Å². The third-order valence-electron chi connectivity index (χ3n) is 8.17. The molecule has 0 radical (unpaired) electrons. The second kappa shape index (κ2) is 12.1. The summed E-state index contributed by atoms with van der Waals surface area (Å²) in [4.78, 5) is 18.7. The summed E-state index contributed by atoms with van der Waals surface area (Å²) in [6.45, 7) is 6.79. The Bertz CT molecular complexity index is 1830. The lowest BCUT2D eigenvalue weighted by molar-refractivity contribution is 0.306. The Morgan fingerprint density at radius 1 is 0.976 bits per heavy atom. The van der Waals surface area contributed by atoms with Crippen molar-refractivity contribution >= 4 is 33.0 Å². The lowest BCUT2D eigenvalue weighted by Crippen LogP contribution is -2.25. The average Bonchev–Trinajstić information content (AvgIpc) is 3.28. The van der Waals surface area contributed by atoms with Gasteiger partial charge in [0.2, 0.25) is 0 Å². The van der Waals surface area contributed by atoms with Crippen molar-refractivity contribution in [3.63, 3.8) is 0 Å². The Morgan fingerprint density at radius 2 is 1.76 bits per heavy atom. The number of halogens is 1. The lowest BCUT2D eigenvalue weighted by atomic mass is 9.88. The molecule has 6 nitrogen and oxygen atoms in total. The maximum absolute atomic E-state index is 13.7. The highest BCUT2D eigenvalue weighted by atomic mass is 79.9. The standard InChI is InChI=1S/C35H35BrN4O2/c1-23-8-7-9-26(18-23)22-42-31-15-13-30(14-16-31)39-24(2)19-28(25(39)3)21-37-40-34(27-10-5-4-6-11-27)38-33-17-12-29(36)20-32(33)35(40)41/h7-9,12-21,27H,4-6,10-11,22H2,1-3H3. The highest BCUT2D eigenvalue weighted by Crippen LogP contribution is 2.32. The SMILES string of the molecule is Cc1cccc(COc2ccc(-n3c(C)cc(C=Nn4c(C5CCCCC5)nc5ccc(Br)cc5c4=O)c3C)cc2)c1. The molecule has 7 heteroatoms. The van der Waals surface area contributed by atoms with E-state index in [-0.39, 0.29) is 11.5 Å². The normalized spacial score (nSPS) is 14.2. The third kappa shape index (κ3) is 5.84. The van der Waals surface area contributed by atoms with Crippen LogP contribution in [0.25, 0.3) is 16.6 Å². The Kier molecular flexibility index (Phi) is 8.11. The van der Waals surface area contributed by atoms with Crippen molar-refractivity contribution in [1.29, 1.82) is 0 Å². The summed E-state index contributed by atoms with van der Waals surface area (Å²) in [6.07, 6.45) is 7.40. The van der Waals surface area contributed by atoms with E-state index >= 15 is 0 Å². The minimum atomic E-state index is -0.131. The summed E-state index contributed by atoms with van der Waals surface area (Å²) in [6, 6.07) is 24.3. The zero-order valence-corrected chi connectivity index (χ0v) is 25.9. The van der Waals surface area contributed by atoms with Crippen LogP contribution in [-0.2, 0) is 6.61 Å². The largest absolute Gasteiger partial charge is 0.489 e. The molecule has 0 atom stereocenters. The Hall–Kier alpha value is -3.97. The molecular formula is C35H35BrN4O2. The first kappa shape index (κ1) is 28.2. The molecule has 0 amide bonds. The van der Waals surface area contributed by atoms with Gasteiger partial charge >= 0.3 is 0 Å². The van der Waals surface area contributed by atoms with Gasteiger partial charge in [0.15, 0.2) is 0 Å². The summed E-state index contributed by atoms with van der Waals surface area (Å²) in [5, 5.41) is 5.35. The van der Waals surface area contributed by atoms with E-state index in [4.69, 9.17) is 14.8 Å². The number of nitrogens with zero attached hydrogens (tertiary/aromatic N) is 4. The number of aromatic nitrogens is 3. The van der Waals surface area contributed by atoms with Crippen LogP contribution >= 0.6 is 15.9 Å². The molecule has 1 fully saturated rings. The molecule has 0 bridgehead atoms. The van der Waals surface area contributed by atoms with Crippen LogP contribution in [0.5, 0.6) is 5.75 Å². The lowest BCUT2D eigenvalue weighted by Gasteiger charge is -2.22. The van der Waals surface area contributed by atoms with Gasteiger partial charge in [-0.05, 0) is 87.7 Å². The fourth-order valence-electron chi connectivity index (χ4n) is 6.00. The number of aryl methyl sites for hydroxylation is 2. The van der Waals surface area contributed by atoms with Gasteiger partial charge in [-0.1, -0.05) is 65.0 Å². The van der Waals surface area contributed by atoms with Crippen LogP contribution in [0.15, 0.2) is 87.2 Å². The van der Waals surface area contributed by atoms with Crippen LogP contribution in [0, 0.1) is 20.8 Å². The van der Waals surface area contributed by atoms with Gasteiger partial charge in [-0.3, -0.25) is 4.79 Å². The van der Waals surface area contributed by atoms with Crippen LogP contribution in [-0.4, -0.2) is 20.4 Å². The second-order valence-electron chi connectivity index (χ2n) is 11.3. The molecule has 5 aromatic rings. The summed E-state index contributed by atoms with van der Waals surface area (Å²) in [5.74, 6) is 1.83. The molecule has 0 spiro atoms. The van der Waals surface area contributed by atoms with Crippen LogP contribution in [0.4, 0.5) is 0 Å². The molecule has 0 saturated heterocycles. The summed E-state index contributed by atoms with van der Waals surface area (Å²) < 4.78 is 10.6. The molecular weight excluding hydrogens is 588 g/mol. The smallest absolute Gasteiger partial charge is 0.282 e. The van der Waals surface area contributed by atoms with Gasteiger partial charge in [-0.15, -0.1) is 0 Å². The van der Waals surface area contributed by atoms with Crippen LogP contribution in [0.1, 0.15) is 71.9 Å². The molecule has 214 valence electrons. The molecule has 3 aromatic carbocycles. The van der Waals surface area contributed by atoms with E-state index in [0.29, 0.717) is 12.0 Å². The van der Waals surface area contributed by atoms with Gasteiger partial charge in [0.05, 0.1) is 17.1 Å². The van der Waals surface area contributed by atoms with E-state index in [9.17, 15) is 4.79 Å². The number of benzene rings is 3. The molecule has 42 heavy (non-hydrogen) atoms. The zero-order chi connectivity index (χ0) is 29.2. The van der Waals surface area contributed by atoms with E-state index in [2.05, 4.69) is 83.7 Å². The van der Waals surface area contributed by atoms with Crippen molar-refractivity contribution in [1.82, 2.24) is 14.2 Å². The predicted molar refractivity (Wildman–Crippen MR) is 173 cm³/mol. The molecule has 0 aliphatic heterocycles. The van der Waals surface area contributed by atoms with Crippen molar-refractivity contribution in [3.8, 4) is 11.4 Å². The topological polar surface area (TPSA) is 61.4 Å². The fraction of sp³-hybridized carbons (Fsp3) is 0.286. The van der Waals surface area contributed by atoms with E-state index in [1.165, 1.54) is 16.7 Å². The summed E-state index contributed by atoms with van der Waals surface area (Å²) in [5.41, 5.74) is 7.11. The van der Waals surface area contributed by atoms with Gasteiger partial charge in [0.1, 0.15) is 18.2 Å². The van der Waals surface area contributed by atoms with Crippen LogP contribution in [0.3, 0.4) is 0 Å². The van der Waals surface area contributed by atoms with Gasteiger partial charge < -0.3 is 9.30 Å².